The molecule has 8 heteroatoms. The number of amides is 4. The molecule has 0 bridgehead atoms. The number of aryl methyl sites for hydroxylation is 2. The van der Waals surface area contributed by atoms with E-state index in [2.05, 4.69) is 21.2 Å². The van der Waals surface area contributed by atoms with Gasteiger partial charge in [-0.3, -0.25) is 14.9 Å². The Morgan fingerprint density at radius 2 is 1.81 bits per heavy atom. The van der Waals surface area contributed by atoms with Crippen molar-refractivity contribution in [3.8, 4) is 11.5 Å². The number of nitrogens with zero attached hydrogens (tertiary/aromatic N) is 1. The summed E-state index contributed by atoms with van der Waals surface area (Å²) < 4.78 is 11.7. The minimum atomic E-state index is -0.782. The Bertz CT molecular complexity index is 1090. The molecule has 0 spiro atoms. The van der Waals surface area contributed by atoms with E-state index in [1.807, 2.05) is 26.8 Å². The average molecular weight is 487 g/mol. The number of anilines is 1. The van der Waals surface area contributed by atoms with Crippen molar-refractivity contribution < 1.29 is 23.9 Å². The summed E-state index contributed by atoms with van der Waals surface area (Å²) in [6, 6.07) is 7.83. The second kappa shape index (κ2) is 9.34. The van der Waals surface area contributed by atoms with Gasteiger partial charge in [-0.2, -0.15) is 0 Å². The normalized spacial score (nSPS) is 15.3. The van der Waals surface area contributed by atoms with Crippen LogP contribution in [0.2, 0.25) is 0 Å². The first-order chi connectivity index (χ1) is 14.8. The van der Waals surface area contributed by atoms with Crippen LogP contribution in [0, 0.1) is 13.8 Å². The Morgan fingerprint density at radius 3 is 2.45 bits per heavy atom. The summed E-state index contributed by atoms with van der Waals surface area (Å²) in [6.07, 6.45) is 2.26. The van der Waals surface area contributed by atoms with E-state index in [0.717, 1.165) is 22.4 Å². The van der Waals surface area contributed by atoms with Crippen molar-refractivity contribution in [3.05, 3.63) is 57.1 Å². The highest BCUT2D eigenvalue weighted by Crippen LogP contribution is 2.35. The molecule has 1 aliphatic rings. The molecule has 3 rings (SSSR count). The number of carbonyl (C=O) groups is 3. The minimum absolute atomic E-state index is 0.164. The van der Waals surface area contributed by atoms with Crippen molar-refractivity contribution in [2.75, 3.05) is 18.6 Å². The number of imide groups is 2. The number of nitrogens with one attached hydrogen (secondary N) is 1. The van der Waals surface area contributed by atoms with Crippen LogP contribution < -0.4 is 19.7 Å². The van der Waals surface area contributed by atoms with Gasteiger partial charge in [-0.15, -0.1) is 0 Å². The van der Waals surface area contributed by atoms with Gasteiger partial charge in [0.2, 0.25) is 0 Å². The summed E-state index contributed by atoms with van der Waals surface area (Å²) in [6.45, 7) is 6.34. The topological polar surface area (TPSA) is 84.9 Å². The molecule has 1 saturated heterocycles. The number of carbonyl (C=O) groups excluding carboxylic acids is 3. The third-order valence-electron chi connectivity index (χ3n) is 4.89. The van der Waals surface area contributed by atoms with Gasteiger partial charge < -0.3 is 9.47 Å². The zero-order chi connectivity index (χ0) is 22.7. The summed E-state index contributed by atoms with van der Waals surface area (Å²) in [5.41, 5.74) is 2.72. The molecular formula is C23H23BrN2O5. The number of barbiturate groups is 1. The molecule has 4 amide bonds. The predicted octanol–water partition coefficient (Wildman–Crippen LogP) is 4.53. The largest absolute Gasteiger partial charge is 0.493 e. The molecule has 0 radical (unpaired) electrons. The zero-order valence-corrected chi connectivity index (χ0v) is 19.3. The summed E-state index contributed by atoms with van der Waals surface area (Å²) in [5, 5.41) is 2.24. The van der Waals surface area contributed by atoms with Gasteiger partial charge in [0.05, 0.1) is 19.4 Å². The van der Waals surface area contributed by atoms with Crippen molar-refractivity contribution in [1.29, 1.82) is 0 Å². The Morgan fingerprint density at radius 1 is 1.06 bits per heavy atom. The van der Waals surface area contributed by atoms with Crippen LogP contribution in [0.4, 0.5) is 10.5 Å². The van der Waals surface area contributed by atoms with Gasteiger partial charge in [-0.05, 0) is 67.3 Å². The maximum Gasteiger partial charge on any atom is 0.335 e. The van der Waals surface area contributed by atoms with Crippen LogP contribution in [0.3, 0.4) is 0 Å². The molecule has 31 heavy (non-hydrogen) atoms. The monoisotopic (exact) mass is 486 g/mol. The molecule has 0 unspecified atom stereocenters. The standard InChI is InChI=1S/C23H23BrN2O5/c1-5-8-31-20-12-18(24)15(11-19(20)30-4)10-17-21(27)25-23(29)26(22(17)28)16-7-6-13(2)14(3)9-16/h6-7,9-12H,5,8H2,1-4H3,(H,25,27,29). The number of hydrogen-bond donors (Lipinski definition) is 1. The van der Waals surface area contributed by atoms with E-state index in [0.29, 0.717) is 33.8 Å². The smallest absolute Gasteiger partial charge is 0.335 e. The highest BCUT2D eigenvalue weighted by Gasteiger charge is 2.37. The summed E-state index contributed by atoms with van der Waals surface area (Å²) >= 11 is 3.45. The van der Waals surface area contributed by atoms with Crippen molar-refractivity contribution in [2.45, 2.75) is 27.2 Å². The highest BCUT2D eigenvalue weighted by atomic mass is 79.9. The molecule has 2 aromatic carbocycles. The van der Waals surface area contributed by atoms with E-state index >= 15 is 0 Å². The van der Waals surface area contributed by atoms with Crippen LogP contribution in [0.15, 0.2) is 40.4 Å². The first-order valence-electron chi connectivity index (χ1n) is 9.75. The maximum absolute atomic E-state index is 13.1. The van der Waals surface area contributed by atoms with Crippen molar-refractivity contribution in [1.82, 2.24) is 5.32 Å². The highest BCUT2D eigenvalue weighted by molar-refractivity contribution is 9.10. The van der Waals surface area contributed by atoms with Gasteiger partial charge in [-0.1, -0.05) is 28.9 Å². The lowest BCUT2D eigenvalue weighted by molar-refractivity contribution is -0.122. The minimum Gasteiger partial charge on any atom is -0.493 e. The summed E-state index contributed by atoms with van der Waals surface area (Å²) in [4.78, 5) is 39.0. The van der Waals surface area contributed by atoms with Crippen LogP contribution >= 0.6 is 15.9 Å². The molecule has 1 fully saturated rings. The van der Waals surface area contributed by atoms with Crippen LogP contribution in [-0.2, 0) is 9.59 Å². The zero-order valence-electron chi connectivity index (χ0n) is 17.7. The van der Waals surface area contributed by atoms with Crippen LogP contribution in [0.5, 0.6) is 11.5 Å². The Hall–Kier alpha value is -3.13. The van der Waals surface area contributed by atoms with Crippen LogP contribution in [0.1, 0.15) is 30.0 Å². The second-order valence-corrected chi connectivity index (χ2v) is 7.95. The van der Waals surface area contributed by atoms with Gasteiger partial charge in [0.25, 0.3) is 11.8 Å². The molecule has 0 atom stereocenters. The van der Waals surface area contributed by atoms with E-state index in [9.17, 15) is 14.4 Å². The van der Waals surface area contributed by atoms with E-state index in [-0.39, 0.29) is 5.57 Å². The van der Waals surface area contributed by atoms with E-state index in [1.165, 1.54) is 13.2 Å². The Kier molecular flexibility index (Phi) is 6.80. The fourth-order valence-electron chi connectivity index (χ4n) is 3.06. The molecular weight excluding hydrogens is 464 g/mol. The number of hydrogen-bond acceptors (Lipinski definition) is 5. The Balaban J connectivity index is 2.02. The molecule has 2 aromatic rings. The lowest BCUT2D eigenvalue weighted by Gasteiger charge is -2.27. The van der Waals surface area contributed by atoms with Gasteiger partial charge >= 0.3 is 6.03 Å². The number of halogens is 1. The van der Waals surface area contributed by atoms with Crippen molar-refractivity contribution in [2.24, 2.45) is 0 Å². The Labute approximate surface area is 189 Å². The first-order valence-corrected chi connectivity index (χ1v) is 10.5. The molecule has 7 nitrogen and oxygen atoms in total. The van der Waals surface area contributed by atoms with E-state index in [4.69, 9.17) is 9.47 Å². The number of methoxy groups -OCH3 is 1. The number of rotatable bonds is 6. The second-order valence-electron chi connectivity index (χ2n) is 7.10. The van der Waals surface area contributed by atoms with Crippen LogP contribution in [0.25, 0.3) is 6.08 Å². The molecule has 1 N–H and O–H groups in total. The molecule has 0 aliphatic carbocycles. The molecule has 162 valence electrons. The van der Waals surface area contributed by atoms with Gasteiger partial charge in [0, 0.05) is 4.47 Å². The number of urea groups is 1. The molecule has 1 aliphatic heterocycles. The first kappa shape index (κ1) is 22.6. The van der Waals surface area contributed by atoms with Gasteiger partial charge in [0.15, 0.2) is 11.5 Å². The van der Waals surface area contributed by atoms with Crippen molar-refractivity contribution >= 4 is 45.5 Å². The summed E-state index contributed by atoms with van der Waals surface area (Å²) in [7, 11) is 1.51. The average Bonchev–Trinajstić information content (AvgIpc) is 2.73. The number of ether oxygens (including phenoxy) is 2. The SMILES string of the molecule is CCCOc1cc(Br)c(C=C2C(=O)NC(=O)N(c3ccc(C)c(C)c3)C2=O)cc1OC. The van der Waals surface area contributed by atoms with Gasteiger partial charge in [0.1, 0.15) is 5.57 Å². The molecule has 0 saturated carbocycles. The fraction of sp³-hybridized carbons (Fsp3) is 0.261. The lowest BCUT2D eigenvalue weighted by Crippen LogP contribution is -2.54. The maximum atomic E-state index is 13.1. The van der Waals surface area contributed by atoms with Crippen LogP contribution in [-0.4, -0.2) is 31.6 Å². The lowest BCUT2D eigenvalue weighted by atomic mass is 10.0. The predicted molar refractivity (Wildman–Crippen MR) is 121 cm³/mol. The molecule has 1 heterocycles. The fourth-order valence-corrected chi connectivity index (χ4v) is 3.49. The third-order valence-corrected chi connectivity index (χ3v) is 5.58. The van der Waals surface area contributed by atoms with E-state index in [1.54, 1.807) is 24.3 Å². The quantitative estimate of drug-likeness (QED) is 0.478. The number of benzene rings is 2. The van der Waals surface area contributed by atoms with Crippen molar-refractivity contribution in [3.63, 3.8) is 0 Å². The third kappa shape index (κ3) is 4.64. The van der Waals surface area contributed by atoms with E-state index < -0.39 is 17.8 Å². The molecule has 0 aromatic heterocycles. The summed E-state index contributed by atoms with van der Waals surface area (Å²) in [5.74, 6) is -0.444. The van der Waals surface area contributed by atoms with Gasteiger partial charge in [-0.25, -0.2) is 9.69 Å².